The van der Waals surface area contributed by atoms with Crippen molar-refractivity contribution in [1.82, 2.24) is 15.1 Å². The monoisotopic (exact) mass is 561 g/mol. The van der Waals surface area contributed by atoms with Gasteiger partial charge in [0.15, 0.2) is 0 Å². The highest BCUT2D eigenvalue weighted by Gasteiger charge is 2.58. The van der Waals surface area contributed by atoms with Crippen LogP contribution in [-0.4, -0.2) is 68.2 Å². The Balaban J connectivity index is 1.18. The van der Waals surface area contributed by atoms with E-state index in [-0.39, 0.29) is 12.2 Å². The molecule has 2 unspecified atom stereocenters. The van der Waals surface area contributed by atoms with E-state index in [1.165, 1.54) is 48.4 Å². The highest BCUT2D eigenvalue weighted by Crippen LogP contribution is 2.63. The first-order chi connectivity index (χ1) is 15.4. The molecular weight excluding hydrogens is 525 g/mol. The fourth-order valence-corrected chi connectivity index (χ4v) is 6.93. The fraction of sp³-hybridized carbons (Fsp3) is 0.826. The maximum Gasteiger partial charge on any atom is 0.406 e. The molecule has 2 atom stereocenters. The summed E-state index contributed by atoms with van der Waals surface area (Å²) in [5.74, 6) is 1.58. The molecule has 4 aliphatic carbocycles. The summed E-state index contributed by atoms with van der Waals surface area (Å²) in [6.45, 7) is 6.03. The van der Waals surface area contributed by atoms with Gasteiger partial charge < -0.3 is 24.3 Å². The van der Waals surface area contributed by atoms with Crippen LogP contribution in [0, 0.1) is 27.7 Å². The van der Waals surface area contributed by atoms with Crippen molar-refractivity contribution in [3.8, 4) is 0 Å². The summed E-state index contributed by atoms with van der Waals surface area (Å²) < 4.78 is 26.0. The molecule has 1 N–H and O–H groups in total. The van der Waals surface area contributed by atoms with E-state index in [1.807, 2.05) is 6.20 Å². The zero-order chi connectivity index (χ0) is 22.6. The predicted octanol–water partition coefficient (Wildman–Crippen LogP) is 3.54. The molecule has 4 fully saturated rings. The van der Waals surface area contributed by atoms with Crippen LogP contribution in [0.4, 0.5) is 4.79 Å². The van der Waals surface area contributed by atoms with E-state index in [9.17, 15) is 4.79 Å². The lowest BCUT2D eigenvalue weighted by Crippen LogP contribution is -2.58. The zero-order valence-corrected chi connectivity index (χ0v) is 21.4. The standard InChI is InChI=1S/C23H36IN3O5/c1-17-20(24)14-26-27(17)16-22-10-18-9-19(11-22)13-23(12-18,15-22)32-8-6-30-4-3-29-5-7-31-21(28)25-2/h14,18-19H,3-13,15-16H2,1-2H3,(H,25,28). The molecule has 1 heterocycles. The average molecular weight is 561 g/mol. The number of rotatable bonds is 12. The number of nitrogens with zero attached hydrogens (tertiary/aromatic N) is 2. The Morgan fingerprint density at radius 3 is 2.41 bits per heavy atom. The van der Waals surface area contributed by atoms with Gasteiger partial charge >= 0.3 is 6.09 Å². The smallest absolute Gasteiger partial charge is 0.406 e. The lowest BCUT2D eigenvalue weighted by atomic mass is 9.48. The number of hydrogen-bond donors (Lipinski definition) is 1. The van der Waals surface area contributed by atoms with Crippen LogP contribution in [0.3, 0.4) is 0 Å². The van der Waals surface area contributed by atoms with Crippen LogP contribution in [0.5, 0.6) is 0 Å². The van der Waals surface area contributed by atoms with Gasteiger partial charge in [-0.05, 0) is 85.3 Å². The molecule has 4 bridgehead atoms. The van der Waals surface area contributed by atoms with Crippen LogP contribution in [-0.2, 0) is 25.5 Å². The molecular formula is C23H36IN3O5. The molecule has 1 aromatic heterocycles. The van der Waals surface area contributed by atoms with Crippen LogP contribution in [0.15, 0.2) is 6.20 Å². The third-order valence-corrected chi connectivity index (χ3v) is 8.39. The second-order valence-electron chi connectivity index (χ2n) is 9.84. The summed E-state index contributed by atoms with van der Waals surface area (Å²) >= 11 is 2.38. The maximum atomic E-state index is 10.9. The van der Waals surface area contributed by atoms with E-state index in [2.05, 4.69) is 44.6 Å². The van der Waals surface area contributed by atoms with E-state index >= 15 is 0 Å². The molecule has 5 rings (SSSR count). The molecule has 1 amide bonds. The maximum absolute atomic E-state index is 10.9. The van der Waals surface area contributed by atoms with Gasteiger partial charge in [0, 0.05) is 19.3 Å². The molecule has 9 heteroatoms. The van der Waals surface area contributed by atoms with E-state index in [4.69, 9.17) is 18.9 Å². The van der Waals surface area contributed by atoms with Crippen molar-refractivity contribution < 1.29 is 23.7 Å². The van der Waals surface area contributed by atoms with Gasteiger partial charge in [-0.15, -0.1) is 0 Å². The highest BCUT2D eigenvalue weighted by atomic mass is 127. The number of nitrogens with one attached hydrogen (secondary N) is 1. The van der Waals surface area contributed by atoms with E-state index in [0.717, 1.165) is 24.8 Å². The van der Waals surface area contributed by atoms with Crippen molar-refractivity contribution in [2.24, 2.45) is 17.3 Å². The topological polar surface area (TPSA) is 83.8 Å². The van der Waals surface area contributed by atoms with Gasteiger partial charge in [0.2, 0.25) is 0 Å². The van der Waals surface area contributed by atoms with Gasteiger partial charge in [0.05, 0.1) is 48.4 Å². The van der Waals surface area contributed by atoms with Crippen LogP contribution in [0.2, 0.25) is 0 Å². The lowest BCUT2D eigenvalue weighted by molar-refractivity contribution is -0.201. The average Bonchev–Trinajstić information content (AvgIpc) is 3.05. The van der Waals surface area contributed by atoms with Crippen LogP contribution in [0.25, 0.3) is 0 Å². The summed E-state index contributed by atoms with van der Waals surface area (Å²) in [6.07, 6.45) is 9.12. The first kappa shape index (κ1) is 24.2. The molecule has 180 valence electrons. The first-order valence-corrected chi connectivity index (χ1v) is 12.8. The van der Waals surface area contributed by atoms with Crippen molar-refractivity contribution >= 4 is 28.7 Å². The number of carbonyl (C=O) groups is 1. The van der Waals surface area contributed by atoms with Crippen LogP contribution < -0.4 is 5.32 Å². The molecule has 1 aromatic rings. The molecule has 0 aromatic carbocycles. The minimum absolute atomic E-state index is 0.0232. The number of hydrogen-bond acceptors (Lipinski definition) is 6. The van der Waals surface area contributed by atoms with Crippen molar-refractivity contribution in [3.63, 3.8) is 0 Å². The molecule has 0 spiro atoms. The van der Waals surface area contributed by atoms with E-state index in [0.29, 0.717) is 38.4 Å². The summed E-state index contributed by atoms with van der Waals surface area (Å²) in [5, 5.41) is 7.05. The Hall–Kier alpha value is -0.910. The largest absolute Gasteiger partial charge is 0.447 e. The number of ether oxygens (including phenoxy) is 4. The Bertz CT molecular complexity index is 772. The van der Waals surface area contributed by atoms with Gasteiger partial charge in [-0.25, -0.2) is 4.79 Å². The third kappa shape index (κ3) is 5.77. The van der Waals surface area contributed by atoms with Gasteiger partial charge in [-0.3, -0.25) is 4.68 Å². The summed E-state index contributed by atoms with van der Waals surface area (Å²) in [5.41, 5.74) is 1.64. The van der Waals surface area contributed by atoms with Gasteiger partial charge in [-0.1, -0.05) is 0 Å². The van der Waals surface area contributed by atoms with E-state index < -0.39 is 6.09 Å². The summed E-state index contributed by atoms with van der Waals surface area (Å²) in [6, 6.07) is 0. The molecule has 0 radical (unpaired) electrons. The van der Waals surface area contributed by atoms with Crippen molar-refractivity contribution in [2.45, 2.75) is 57.6 Å². The predicted molar refractivity (Wildman–Crippen MR) is 128 cm³/mol. The molecule has 8 nitrogen and oxygen atoms in total. The SMILES string of the molecule is CNC(=O)OCCOCCOCCOC12CC3CC(CC(Cn4ncc(I)c4C)(C3)C1)C2. The second kappa shape index (κ2) is 10.6. The van der Waals surface area contributed by atoms with Crippen LogP contribution in [0.1, 0.15) is 44.2 Å². The number of aromatic nitrogens is 2. The third-order valence-electron chi connectivity index (χ3n) is 7.33. The number of alkyl carbamates (subject to hydrolysis) is 1. The van der Waals surface area contributed by atoms with Gasteiger partial charge in [-0.2, -0.15) is 5.10 Å². The minimum atomic E-state index is -0.442. The normalized spacial score (nSPS) is 30.6. The number of amides is 1. The van der Waals surface area contributed by atoms with Crippen LogP contribution >= 0.6 is 22.6 Å². The van der Waals surface area contributed by atoms with Crippen molar-refractivity contribution in [3.05, 3.63) is 15.5 Å². The van der Waals surface area contributed by atoms with E-state index in [1.54, 1.807) is 0 Å². The molecule has 4 aliphatic rings. The Morgan fingerprint density at radius 1 is 1.12 bits per heavy atom. The zero-order valence-electron chi connectivity index (χ0n) is 19.2. The van der Waals surface area contributed by atoms with Crippen molar-refractivity contribution in [2.75, 3.05) is 46.7 Å². The molecule has 32 heavy (non-hydrogen) atoms. The first-order valence-electron chi connectivity index (χ1n) is 11.7. The molecule has 0 aliphatic heterocycles. The quantitative estimate of drug-likeness (QED) is 0.311. The van der Waals surface area contributed by atoms with Crippen molar-refractivity contribution in [1.29, 1.82) is 0 Å². The molecule has 0 saturated heterocycles. The Morgan fingerprint density at radius 2 is 1.78 bits per heavy atom. The summed E-state index contributed by atoms with van der Waals surface area (Å²) in [7, 11) is 1.53. The number of halogens is 1. The van der Waals surface area contributed by atoms with Gasteiger partial charge in [0.25, 0.3) is 0 Å². The second-order valence-corrected chi connectivity index (χ2v) is 11.0. The molecule has 4 saturated carbocycles. The number of carbonyl (C=O) groups excluding carboxylic acids is 1. The minimum Gasteiger partial charge on any atom is -0.447 e. The fourth-order valence-electron chi connectivity index (χ4n) is 6.52. The lowest BCUT2D eigenvalue weighted by Gasteiger charge is -2.61. The highest BCUT2D eigenvalue weighted by molar-refractivity contribution is 14.1. The Labute approximate surface area is 204 Å². The summed E-state index contributed by atoms with van der Waals surface area (Å²) in [4.78, 5) is 10.9. The Kier molecular flexibility index (Phi) is 8.00. The van der Waals surface area contributed by atoms with Gasteiger partial charge in [0.1, 0.15) is 6.61 Å².